The average Bonchev–Trinajstić information content (AvgIpc) is 3.42. The summed E-state index contributed by atoms with van der Waals surface area (Å²) >= 11 is 0. The van der Waals surface area contributed by atoms with Gasteiger partial charge in [0.25, 0.3) is 0 Å². The predicted octanol–water partition coefficient (Wildman–Crippen LogP) is 3.97. The summed E-state index contributed by atoms with van der Waals surface area (Å²) in [5, 5.41) is 18.2. The monoisotopic (exact) mass is 429 g/mol. The van der Waals surface area contributed by atoms with Crippen molar-refractivity contribution in [2.24, 2.45) is 0 Å². The molecule has 0 aromatic carbocycles. The molecule has 5 rings (SSSR count). The molecule has 164 valence electrons. The molecule has 4 aromatic rings. The van der Waals surface area contributed by atoms with E-state index < -0.39 is 0 Å². The van der Waals surface area contributed by atoms with Crippen molar-refractivity contribution in [1.82, 2.24) is 29.3 Å². The Kier molecular flexibility index (Phi) is 5.45. The fourth-order valence-corrected chi connectivity index (χ4v) is 4.28. The summed E-state index contributed by atoms with van der Waals surface area (Å²) in [5.41, 5.74) is 6.27. The molecule has 0 amide bonds. The Morgan fingerprint density at radius 1 is 1.06 bits per heavy atom. The maximum absolute atomic E-state index is 9.92. The molecule has 0 fully saturated rings. The van der Waals surface area contributed by atoms with Gasteiger partial charge in [-0.1, -0.05) is 6.07 Å². The second-order valence-electron chi connectivity index (χ2n) is 8.07. The maximum atomic E-state index is 9.92. The van der Waals surface area contributed by atoms with E-state index in [1.54, 1.807) is 6.33 Å². The molecule has 32 heavy (non-hydrogen) atoms. The number of pyridine rings is 2. The highest BCUT2D eigenvalue weighted by Crippen LogP contribution is 2.30. The Hall–Kier alpha value is -3.52. The van der Waals surface area contributed by atoms with E-state index in [9.17, 15) is 5.11 Å². The van der Waals surface area contributed by atoms with Crippen molar-refractivity contribution >= 4 is 11.6 Å². The summed E-state index contributed by atoms with van der Waals surface area (Å²) in [6, 6.07) is 9.73. The summed E-state index contributed by atoms with van der Waals surface area (Å²) in [6.45, 7) is 4.68. The van der Waals surface area contributed by atoms with Crippen LogP contribution in [0.4, 0.5) is 11.6 Å². The molecule has 4 aromatic heterocycles. The minimum Gasteiger partial charge on any atom is -0.390 e. The lowest BCUT2D eigenvalue weighted by Crippen LogP contribution is -2.06. The molecule has 0 aliphatic heterocycles. The highest BCUT2D eigenvalue weighted by atomic mass is 16.3. The molecule has 0 saturated heterocycles. The number of hydrogen-bond acceptors (Lipinski definition) is 6. The van der Waals surface area contributed by atoms with Gasteiger partial charge in [0.2, 0.25) is 0 Å². The first-order valence-electron chi connectivity index (χ1n) is 11.1. The largest absolute Gasteiger partial charge is 0.390 e. The van der Waals surface area contributed by atoms with Gasteiger partial charge in [0.1, 0.15) is 11.6 Å². The van der Waals surface area contributed by atoms with E-state index in [4.69, 9.17) is 10.1 Å². The van der Waals surface area contributed by atoms with Crippen molar-refractivity contribution in [3.63, 3.8) is 0 Å². The van der Waals surface area contributed by atoms with Gasteiger partial charge in [-0.25, -0.2) is 19.6 Å². The van der Waals surface area contributed by atoms with E-state index in [0.717, 1.165) is 48.1 Å². The first kappa shape index (κ1) is 20.4. The van der Waals surface area contributed by atoms with Crippen LogP contribution in [0.15, 0.2) is 42.9 Å². The van der Waals surface area contributed by atoms with Gasteiger partial charge in [-0.3, -0.25) is 0 Å². The second-order valence-corrected chi connectivity index (χ2v) is 8.07. The third-order valence-electron chi connectivity index (χ3n) is 5.87. The van der Waals surface area contributed by atoms with Gasteiger partial charge in [-0.05, 0) is 63.8 Å². The Morgan fingerprint density at radius 2 is 1.91 bits per heavy atom. The van der Waals surface area contributed by atoms with Crippen LogP contribution in [-0.2, 0) is 26.0 Å². The maximum Gasteiger partial charge on any atom is 0.133 e. The number of aryl methyl sites for hydroxylation is 3. The first-order chi connectivity index (χ1) is 15.7. The van der Waals surface area contributed by atoms with Gasteiger partial charge in [0.05, 0.1) is 47.1 Å². The lowest BCUT2D eigenvalue weighted by molar-refractivity contribution is 0.276. The zero-order valence-electron chi connectivity index (χ0n) is 18.4. The van der Waals surface area contributed by atoms with Gasteiger partial charge < -0.3 is 15.0 Å². The fraction of sp³-hybridized carbons (Fsp3) is 0.333. The van der Waals surface area contributed by atoms with Gasteiger partial charge in [0.15, 0.2) is 0 Å². The van der Waals surface area contributed by atoms with Gasteiger partial charge in [-0.2, -0.15) is 5.10 Å². The van der Waals surface area contributed by atoms with Crippen molar-refractivity contribution < 1.29 is 5.11 Å². The minimum absolute atomic E-state index is 0.167. The van der Waals surface area contributed by atoms with Gasteiger partial charge in [0, 0.05) is 18.3 Å². The summed E-state index contributed by atoms with van der Waals surface area (Å²) in [5.74, 6) is 1.80. The van der Waals surface area contributed by atoms with Crippen molar-refractivity contribution in [3.05, 3.63) is 65.5 Å². The molecule has 0 atom stereocenters. The molecule has 0 spiro atoms. The average molecular weight is 430 g/mol. The Bertz CT molecular complexity index is 1260. The molecule has 0 bridgehead atoms. The van der Waals surface area contributed by atoms with Crippen molar-refractivity contribution in [2.45, 2.75) is 52.7 Å². The highest BCUT2D eigenvalue weighted by Gasteiger charge is 2.20. The topological polar surface area (TPSA) is 93.7 Å². The SMILES string of the molecule is CCn1nc2c(c1Nc1cccc(-c3ccc(-n4cnc(C)c4)c(CO)n3)n1)CCCC2. The van der Waals surface area contributed by atoms with Crippen LogP contribution >= 0.6 is 0 Å². The lowest BCUT2D eigenvalue weighted by atomic mass is 9.97. The third kappa shape index (κ3) is 3.78. The number of aliphatic hydroxyl groups excluding tert-OH is 1. The zero-order valence-corrected chi connectivity index (χ0v) is 18.4. The van der Waals surface area contributed by atoms with Crippen LogP contribution < -0.4 is 5.32 Å². The van der Waals surface area contributed by atoms with Crippen LogP contribution in [-0.4, -0.2) is 34.4 Å². The quantitative estimate of drug-likeness (QED) is 0.482. The highest BCUT2D eigenvalue weighted by molar-refractivity contribution is 5.63. The zero-order chi connectivity index (χ0) is 22.1. The molecule has 0 saturated carbocycles. The van der Waals surface area contributed by atoms with Crippen LogP contribution in [0.3, 0.4) is 0 Å². The number of rotatable bonds is 6. The van der Waals surface area contributed by atoms with E-state index in [0.29, 0.717) is 11.4 Å². The van der Waals surface area contributed by atoms with E-state index in [1.807, 2.05) is 52.7 Å². The number of imidazole rings is 1. The molecule has 0 radical (unpaired) electrons. The Morgan fingerprint density at radius 3 is 2.69 bits per heavy atom. The first-order valence-corrected chi connectivity index (χ1v) is 11.1. The molecule has 8 heteroatoms. The number of aliphatic hydroxyl groups is 1. The number of fused-ring (bicyclic) bond motifs is 1. The smallest absolute Gasteiger partial charge is 0.133 e. The van der Waals surface area contributed by atoms with Gasteiger partial charge >= 0.3 is 0 Å². The van der Waals surface area contributed by atoms with Gasteiger partial charge in [-0.15, -0.1) is 0 Å². The third-order valence-corrected chi connectivity index (χ3v) is 5.87. The number of anilines is 2. The van der Waals surface area contributed by atoms with Crippen LogP contribution in [0, 0.1) is 6.92 Å². The molecule has 8 nitrogen and oxygen atoms in total. The van der Waals surface area contributed by atoms with Crippen molar-refractivity contribution in [2.75, 3.05) is 5.32 Å². The molecular formula is C24H27N7O. The van der Waals surface area contributed by atoms with Crippen LogP contribution in [0.1, 0.15) is 42.4 Å². The molecule has 1 aliphatic carbocycles. The molecule has 2 N–H and O–H groups in total. The van der Waals surface area contributed by atoms with E-state index >= 15 is 0 Å². The number of nitrogens with zero attached hydrogens (tertiary/aromatic N) is 6. The fourth-order valence-electron chi connectivity index (χ4n) is 4.28. The normalized spacial score (nSPS) is 13.2. The summed E-state index contributed by atoms with van der Waals surface area (Å²) in [4.78, 5) is 13.8. The Labute approximate surface area is 187 Å². The van der Waals surface area contributed by atoms with Crippen LogP contribution in [0.2, 0.25) is 0 Å². The molecule has 1 aliphatic rings. The van der Waals surface area contributed by atoms with E-state index in [2.05, 4.69) is 22.2 Å². The summed E-state index contributed by atoms with van der Waals surface area (Å²) < 4.78 is 3.91. The summed E-state index contributed by atoms with van der Waals surface area (Å²) in [7, 11) is 0. The predicted molar refractivity (Wildman–Crippen MR) is 123 cm³/mol. The molecular weight excluding hydrogens is 402 g/mol. The van der Waals surface area contributed by atoms with E-state index in [1.165, 1.54) is 24.1 Å². The summed E-state index contributed by atoms with van der Waals surface area (Å²) in [6.07, 6.45) is 8.13. The Balaban J connectivity index is 1.47. The van der Waals surface area contributed by atoms with Crippen LogP contribution in [0.25, 0.3) is 17.1 Å². The van der Waals surface area contributed by atoms with Crippen molar-refractivity contribution in [3.8, 4) is 17.1 Å². The van der Waals surface area contributed by atoms with Crippen LogP contribution in [0.5, 0.6) is 0 Å². The number of nitrogens with one attached hydrogen (secondary N) is 1. The van der Waals surface area contributed by atoms with E-state index in [-0.39, 0.29) is 6.61 Å². The number of aromatic nitrogens is 6. The minimum atomic E-state index is -0.167. The second kappa shape index (κ2) is 8.55. The number of hydrogen-bond donors (Lipinski definition) is 2. The molecule has 4 heterocycles. The van der Waals surface area contributed by atoms with Crippen molar-refractivity contribution in [1.29, 1.82) is 0 Å². The molecule has 0 unspecified atom stereocenters. The lowest BCUT2D eigenvalue weighted by Gasteiger charge is -2.14. The standard InChI is InChI=1S/C24H27N7O/c1-3-31-24(17-7-4-5-8-18(17)29-31)28-23-10-6-9-19(27-23)20-11-12-22(21(14-32)26-20)30-13-16(2)25-15-30/h6,9-13,15,32H,3-5,7-8,14H2,1-2H3,(H,27,28).